The van der Waals surface area contributed by atoms with Gasteiger partial charge in [-0.05, 0) is 28.3 Å². The topological polar surface area (TPSA) is 133 Å². The van der Waals surface area contributed by atoms with Crippen LogP contribution in [0.3, 0.4) is 0 Å². The summed E-state index contributed by atoms with van der Waals surface area (Å²) < 4.78 is 33.5. The molecule has 0 radical (unpaired) electrons. The number of aromatic nitrogens is 3. The van der Waals surface area contributed by atoms with Gasteiger partial charge in [0.25, 0.3) is 10.1 Å². The van der Waals surface area contributed by atoms with Gasteiger partial charge >= 0.3 is 11.4 Å². The molecule has 9 heteroatoms. The summed E-state index contributed by atoms with van der Waals surface area (Å²) in [6.07, 6.45) is 1.04. The van der Waals surface area contributed by atoms with Crippen LogP contribution in [-0.2, 0) is 10.1 Å². The number of nitrogens with zero attached hydrogens (tertiary/aromatic N) is 1. The molecular weight excluding hydrogens is 382 g/mol. The predicted molar refractivity (Wildman–Crippen MR) is 107 cm³/mol. The van der Waals surface area contributed by atoms with E-state index < -0.39 is 21.5 Å². The summed E-state index contributed by atoms with van der Waals surface area (Å²) in [5.74, 6) is 0.214. The first-order valence-corrected chi connectivity index (χ1v) is 10.1. The molecule has 3 aromatic rings. The van der Waals surface area contributed by atoms with Crippen LogP contribution in [0.15, 0.2) is 51.1 Å². The number of rotatable bonds is 3. The zero-order valence-corrected chi connectivity index (χ0v) is 16.9. The molecule has 0 aliphatic rings. The summed E-state index contributed by atoms with van der Waals surface area (Å²) in [6.45, 7) is 7.96. The number of hydrogen-bond acceptors (Lipinski definition) is 5. The third-order valence-electron chi connectivity index (χ3n) is 4.13. The van der Waals surface area contributed by atoms with Crippen molar-refractivity contribution in [3.63, 3.8) is 0 Å². The average molecular weight is 405 g/mol. The van der Waals surface area contributed by atoms with Crippen LogP contribution in [0.2, 0.25) is 0 Å². The van der Waals surface area contributed by atoms with Crippen LogP contribution < -0.4 is 11.4 Å². The van der Waals surface area contributed by atoms with E-state index in [9.17, 15) is 22.6 Å². The lowest BCUT2D eigenvalue weighted by atomic mass is 9.88. The maximum absolute atomic E-state index is 11.9. The van der Waals surface area contributed by atoms with Crippen LogP contribution in [0.25, 0.3) is 10.8 Å². The normalized spacial score (nSPS) is 11.5. The van der Waals surface area contributed by atoms with Gasteiger partial charge in [-0.25, -0.2) is 9.59 Å². The molecule has 1 aromatic heterocycles. The Bertz CT molecular complexity index is 1170. The predicted octanol–water partition coefficient (Wildman–Crippen LogP) is 2.79. The number of benzene rings is 2. The maximum Gasteiger partial charge on any atom is 0.350 e. The maximum atomic E-state index is 11.9. The minimum Gasteiger partial charge on any atom is -0.298 e. The van der Waals surface area contributed by atoms with Crippen molar-refractivity contribution in [1.29, 1.82) is 0 Å². The number of nitrogens with one attached hydrogen (secondary N) is 2. The average Bonchev–Trinajstić information content (AvgIpc) is 2.59. The lowest BCUT2D eigenvalue weighted by molar-refractivity contribution is 0.482. The van der Waals surface area contributed by atoms with E-state index in [4.69, 9.17) is 0 Å². The van der Waals surface area contributed by atoms with Crippen molar-refractivity contribution in [3.05, 3.63) is 68.8 Å². The molecule has 0 bridgehead atoms. The molecule has 0 spiro atoms. The lowest BCUT2D eigenvalue weighted by Gasteiger charge is -2.21. The van der Waals surface area contributed by atoms with Gasteiger partial charge in [0.15, 0.2) is 0 Å². The van der Waals surface area contributed by atoms with Crippen LogP contribution in [0, 0.1) is 0 Å². The van der Waals surface area contributed by atoms with Gasteiger partial charge in [0.05, 0.1) is 0 Å². The van der Waals surface area contributed by atoms with Crippen LogP contribution in [0.5, 0.6) is 0 Å². The number of H-pyrrole nitrogens is 2. The van der Waals surface area contributed by atoms with E-state index in [1.807, 2.05) is 50.9 Å². The Morgan fingerprint density at radius 2 is 1.68 bits per heavy atom. The van der Waals surface area contributed by atoms with Gasteiger partial charge in [-0.2, -0.15) is 13.4 Å². The van der Waals surface area contributed by atoms with E-state index >= 15 is 0 Å². The van der Waals surface area contributed by atoms with Gasteiger partial charge in [-0.1, -0.05) is 58.0 Å². The highest BCUT2D eigenvalue weighted by Crippen LogP contribution is 2.37. The lowest BCUT2D eigenvalue weighted by Crippen LogP contribution is -2.22. The third kappa shape index (κ3) is 4.93. The van der Waals surface area contributed by atoms with Crippen LogP contribution in [-0.4, -0.2) is 27.9 Å². The largest absolute Gasteiger partial charge is 0.350 e. The molecule has 0 unspecified atom stereocenters. The summed E-state index contributed by atoms with van der Waals surface area (Å²) in [7, 11) is -4.26. The van der Waals surface area contributed by atoms with Crippen molar-refractivity contribution < 1.29 is 13.0 Å². The molecule has 0 atom stereocenters. The fraction of sp³-hybridized carbons (Fsp3) is 0.316. The highest BCUT2D eigenvalue weighted by molar-refractivity contribution is 7.86. The molecule has 0 amide bonds. The zero-order chi connectivity index (χ0) is 21.1. The number of hydrogen-bond donors (Lipinski definition) is 3. The Kier molecular flexibility index (Phi) is 6.52. The Balaban J connectivity index is 0.000000292. The van der Waals surface area contributed by atoms with Gasteiger partial charge in [0.2, 0.25) is 0 Å². The minimum absolute atomic E-state index is 0.0222. The van der Waals surface area contributed by atoms with Crippen LogP contribution >= 0.6 is 0 Å². The summed E-state index contributed by atoms with van der Waals surface area (Å²) in [6, 6.07) is 9.31. The monoisotopic (exact) mass is 405 g/mol. The number of fused-ring (bicyclic) bond motifs is 1. The Morgan fingerprint density at radius 3 is 2.14 bits per heavy atom. The van der Waals surface area contributed by atoms with Crippen molar-refractivity contribution >= 4 is 20.9 Å². The molecule has 28 heavy (non-hydrogen) atoms. The molecule has 0 saturated heterocycles. The molecule has 0 saturated carbocycles. The van der Waals surface area contributed by atoms with Gasteiger partial charge in [-0.3, -0.25) is 14.5 Å². The summed E-state index contributed by atoms with van der Waals surface area (Å²) in [5.41, 5.74) is 0.534. The molecule has 0 aliphatic carbocycles. The minimum atomic E-state index is -4.26. The Labute approximate surface area is 162 Å². The van der Waals surface area contributed by atoms with E-state index in [1.165, 1.54) is 0 Å². The van der Waals surface area contributed by atoms with Crippen molar-refractivity contribution in [2.45, 2.75) is 44.4 Å². The molecule has 0 fully saturated rings. The van der Waals surface area contributed by atoms with Gasteiger partial charge in [0, 0.05) is 5.39 Å². The molecule has 8 nitrogen and oxygen atoms in total. The fourth-order valence-corrected chi connectivity index (χ4v) is 4.11. The van der Waals surface area contributed by atoms with E-state index in [0.29, 0.717) is 5.39 Å². The van der Waals surface area contributed by atoms with Gasteiger partial charge in [0.1, 0.15) is 11.2 Å². The molecule has 3 rings (SSSR count). The quantitative estimate of drug-likeness (QED) is 0.574. The molecule has 2 aromatic carbocycles. The van der Waals surface area contributed by atoms with Crippen LogP contribution in [0.1, 0.15) is 50.7 Å². The first-order chi connectivity index (χ1) is 13.0. The number of aromatic amines is 2. The standard InChI is InChI=1S/C16H20O3S.C3H3N3O2/c1-10(2)14-9-12-7-5-6-8-13(12)16(20(17,18)19)15(14)11(3)4;7-2-4-1-5-3(8)6-2/h5-11H,1-4H3,(H,17,18,19);1H,(H2,4,5,6,7,8). The Hall–Kier alpha value is -2.78. The summed E-state index contributed by atoms with van der Waals surface area (Å²) in [4.78, 5) is 27.5. The summed E-state index contributed by atoms with van der Waals surface area (Å²) in [5, 5.41) is 1.43. The van der Waals surface area contributed by atoms with Crippen molar-refractivity contribution in [2.24, 2.45) is 0 Å². The second kappa shape index (κ2) is 8.49. The van der Waals surface area contributed by atoms with Gasteiger partial charge in [-0.15, -0.1) is 0 Å². The second-order valence-corrected chi connectivity index (χ2v) is 8.23. The molecule has 0 aliphatic heterocycles. The zero-order valence-electron chi connectivity index (χ0n) is 16.1. The van der Waals surface area contributed by atoms with Crippen LogP contribution in [0.4, 0.5) is 0 Å². The smallest absolute Gasteiger partial charge is 0.298 e. The van der Waals surface area contributed by atoms with Crippen molar-refractivity contribution in [1.82, 2.24) is 15.0 Å². The first kappa shape index (κ1) is 21.5. The van der Waals surface area contributed by atoms with E-state index in [1.54, 1.807) is 12.1 Å². The van der Waals surface area contributed by atoms with Crippen molar-refractivity contribution in [2.75, 3.05) is 0 Å². The molecule has 1 heterocycles. The molecular formula is C19H23N3O5S. The van der Waals surface area contributed by atoms with E-state index in [0.717, 1.165) is 22.8 Å². The first-order valence-electron chi connectivity index (χ1n) is 8.69. The fourth-order valence-electron chi connectivity index (χ4n) is 3.02. The Morgan fingerprint density at radius 1 is 1.04 bits per heavy atom. The van der Waals surface area contributed by atoms with Gasteiger partial charge < -0.3 is 0 Å². The summed E-state index contributed by atoms with van der Waals surface area (Å²) >= 11 is 0. The van der Waals surface area contributed by atoms with Crippen molar-refractivity contribution in [3.8, 4) is 0 Å². The third-order valence-corrected chi connectivity index (χ3v) is 5.08. The highest BCUT2D eigenvalue weighted by Gasteiger charge is 2.25. The SMILES string of the molecule is CC(C)c1cc2ccccc2c(S(=O)(=O)O)c1C(C)C.O=c1nc[nH]c(=O)[nH]1. The molecule has 3 N–H and O–H groups in total. The molecule has 150 valence electrons. The highest BCUT2D eigenvalue weighted by atomic mass is 32.2. The van der Waals surface area contributed by atoms with E-state index in [2.05, 4.69) is 9.97 Å². The van der Waals surface area contributed by atoms with E-state index in [-0.39, 0.29) is 16.7 Å². The second-order valence-electron chi connectivity index (χ2n) is 6.88.